The smallest absolute Gasteiger partial charge is 0.337 e. The number of hydrogen-bond donors (Lipinski definition) is 2. The summed E-state index contributed by atoms with van der Waals surface area (Å²) >= 11 is 5.62. The fraction of sp³-hybridized carbons (Fsp3) is 0.0667. The summed E-state index contributed by atoms with van der Waals surface area (Å²) in [6, 6.07) is 8.23. The van der Waals surface area contributed by atoms with Crippen molar-refractivity contribution in [2.24, 2.45) is 0 Å². The highest BCUT2D eigenvalue weighted by Crippen LogP contribution is 2.22. The molecule has 0 aliphatic heterocycles. The maximum Gasteiger partial charge on any atom is 0.337 e. The van der Waals surface area contributed by atoms with E-state index < -0.39 is 17.7 Å². The van der Waals surface area contributed by atoms with Crippen molar-refractivity contribution in [2.75, 3.05) is 5.32 Å². The van der Waals surface area contributed by atoms with Crippen LogP contribution in [0.15, 0.2) is 36.4 Å². The predicted molar refractivity (Wildman–Crippen MR) is 77.5 cm³/mol. The van der Waals surface area contributed by atoms with Gasteiger partial charge in [0.2, 0.25) is 0 Å². The fourth-order valence-electron chi connectivity index (χ4n) is 1.87. The van der Waals surface area contributed by atoms with E-state index in [1.54, 1.807) is 19.1 Å². The first-order valence-corrected chi connectivity index (χ1v) is 6.37. The molecule has 0 aromatic heterocycles. The van der Waals surface area contributed by atoms with Crippen LogP contribution in [0.4, 0.5) is 10.1 Å². The number of hydrogen-bond acceptors (Lipinski definition) is 2. The Balaban J connectivity index is 2.38. The van der Waals surface area contributed by atoms with Crippen LogP contribution in [0.2, 0.25) is 5.02 Å². The van der Waals surface area contributed by atoms with Gasteiger partial charge in [0, 0.05) is 5.02 Å². The first-order valence-electron chi connectivity index (χ1n) is 5.99. The third-order valence-corrected chi connectivity index (χ3v) is 3.15. The Hall–Kier alpha value is -2.40. The molecule has 6 heteroatoms. The number of amides is 1. The van der Waals surface area contributed by atoms with Crippen LogP contribution >= 0.6 is 11.6 Å². The van der Waals surface area contributed by atoms with Crippen molar-refractivity contribution in [1.82, 2.24) is 0 Å². The molecular formula is C15H11ClFNO3. The zero-order valence-electron chi connectivity index (χ0n) is 11.0. The molecule has 2 aromatic carbocycles. The Labute approximate surface area is 125 Å². The number of rotatable bonds is 3. The Kier molecular flexibility index (Phi) is 4.23. The number of carboxylic acids is 1. The number of halogens is 2. The van der Waals surface area contributed by atoms with E-state index in [0.717, 1.165) is 6.07 Å². The van der Waals surface area contributed by atoms with Crippen molar-refractivity contribution in [3.63, 3.8) is 0 Å². The molecule has 2 N–H and O–H groups in total. The number of carbonyl (C=O) groups is 2. The molecule has 0 aliphatic rings. The lowest BCUT2D eigenvalue weighted by molar-refractivity contribution is 0.0698. The maximum absolute atomic E-state index is 13.7. The summed E-state index contributed by atoms with van der Waals surface area (Å²) in [5.41, 5.74) is 0.443. The molecule has 0 atom stereocenters. The van der Waals surface area contributed by atoms with Crippen LogP contribution in [-0.2, 0) is 0 Å². The molecule has 0 heterocycles. The fourth-order valence-corrected chi connectivity index (χ4v) is 2.03. The van der Waals surface area contributed by atoms with Crippen molar-refractivity contribution >= 4 is 29.2 Å². The van der Waals surface area contributed by atoms with Gasteiger partial charge in [0.25, 0.3) is 5.91 Å². The van der Waals surface area contributed by atoms with Crippen LogP contribution < -0.4 is 5.32 Å². The highest BCUT2D eigenvalue weighted by molar-refractivity contribution is 6.30. The predicted octanol–water partition coefficient (Wildman–Crippen LogP) is 3.74. The van der Waals surface area contributed by atoms with Crippen molar-refractivity contribution in [2.45, 2.75) is 6.92 Å². The second-order valence-electron chi connectivity index (χ2n) is 4.38. The summed E-state index contributed by atoms with van der Waals surface area (Å²) in [7, 11) is 0. The lowest BCUT2D eigenvalue weighted by Crippen LogP contribution is -2.17. The van der Waals surface area contributed by atoms with Crippen molar-refractivity contribution in [3.05, 3.63) is 63.9 Å². The molecule has 0 spiro atoms. The summed E-state index contributed by atoms with van der Waals surface area (Å²) < 4.78 is 13.7. The molecule has 0 unspecified atom stereocenters. The second-order valence-corrected chi connectivity index (χ2v) is 4.82. The molecule has 0 aliphatic carbocycles. The highest BCUT2D eigenvalue weighted by Gasteiger charge is 2.17. The van der Waals surface area contributed by atoms with Crippen molar-refractivity contribution in [3.8, 4) is 0 Å². The molecule has 2 rings (SSSR count). The average Bonchev–Trinajstić information content (AvgIpc) is 2.40. The number of aromatic carboxylic acids is 1. The van der Waals surface area contributed by atoms with E-state index >= 15 is 0 Å². The molecule has 0 saturated carbocycles. The number of benzene rings is 2. The molecule has 2 aromatic rings. The molecule has 0 saturated heterocycles. The normalized spacial score (nSPS) is 10.2. The minimum absolute atomic E-state index is 0.0577. The van der Waals surface area contributed by atoms with Crippen LogP contribution in [0.1, 0.15) is 26.3 Å². The van der Waals surface area contributed by atoms with Gasteiger partial charge in [-0.2, -0.15) is 0 Å². The van der Waals surface area contributed by atoms with Gasteiger partial charge in [0.05, 0.1) is 16.8 Å². The van der Waals surface area contributed by atoms with Gasteiger partial charge in [-0.05, 0) is 36.8 Å². The summed E-state index contributed by atoms with van der Waals surface area (Å²) in [4.78, 5) is 23.2. The SMILES string of the molecule is Cc1cccc(C(=O)O)c1NC(=O)c1ccc(Cl)cc1F. The van der Waals surface area contributed by atoms with Gasteiger partial charge in [-0.15, -0.1) is 0 Å². The van der Waals surface area contributed by atoms with E-state index in [1.165, 1.54) is 18.2 Å². The second kappa shape index (κ2) is 5.93. The molecule has 4 nitrogen and oxygen atoms in total. The van der Waals surface area contributed by atoms with Gasteiger partial charge < -0.3 is 10.4 Å². The molecule has 1 amide bonds. The van der Waals surface area contributed by atoms with Gasteiger partial charge in [-0.1, -0.05) is 23.7 Å². The monoisotopic (exact) mass is 307 g/mol. The average molecular weight is 308 g/mol. The van der Waals surface area contributed by atoms with Crippen LogP contribution in [0.5, 0.6) is 0 Å². The van der Waals surface area contributed by atoms with Gasteiger partial charge in [0.15, 0.2) is 0 Å². The molecule has 0 fully saturated rings. The Morgan fingerprint density at radius 2 is 1.90 bits per heavy atom. The standard InChI is InChI=1S/C15H11ClFNO3/c1-8-3-2-4-11(15(20)21)13(8)18-14(19)10-6-5-9(16)7-12(10)17/h2-7H,1H3,(H,18,19)(H,20,21). The lowest BCUT2D eigenvalue weighted by atomic mass is 10.1. The minimum Gasteiger partial charge on any atom is -0.478 e. The zero-order valence-corrected chi connectivity index (χ0v) is 11.7. The minimum atomic E-state index is -1.18. The van der Waals surface area contributed by atoms with Gasteiger partial charge in [-0.25, -0.2) is 9.18 Å². The van der Waals surface area contributed by atoms with Gasteiger partial charge >= 0.3 is 5.97 Å². The van der Waals surface area contributed by atoms with E-state index in [4.69, 9.17) is 16.7 Å². The highest BCUT2D eigenvalue weighted by atomic mass is 35.5. The number of carbonyl (C=O) groups excluding carboxylic acids is 1. The van der Waals surface area contributed by atoms with Gasteiger partial charge in [0.1, 0.15) is 5.82 Å². The number of carboxylic acid groups (broad SMARTS) is 1. The number of nitrogens with one attached hydrogen (secondary N) is 1. The molecule has 21 heavy (non-hydrogen) atoms. The number of para-hydroxylation sites is 1. The molecule has 0 radical (unpaired) electrons. The van der Waals surface area contributed by atoms with Crippen LogP contribution in [0.25, 0.3) is 0 Å². The van der Waals surface area contributed by atoms with Crippen LogP contribution in [0, 0.1) is 12.7 Å². The zero-order chi connectivity index (χ0) is 15.6. The topological polar surface area (TPSA) is 66.4 Å². The van der Waals surface area contributed by atoms with E-state index in [1.807, 2.05) is 0 Å². The number of anilines is 1. The molecular weight excluding hydrogens is 297 g/mol. The first-order chi connectivity index (χ1) is 9.90. The van der Waals surface area contributed by atoms with E-state index in [0.29, 0.717) is 5.56 Å². The quantitative estimate of drug-likeness (QED) is 0.907. The van der Waals surface area contributed by atoms with E-state index in [-0.39, 0.29) is 21.8 Å². The van der Waals surface area contributed by atoms with Crippen LogP contribution in [-0.4, -0.2) is 17.0 Å². The lowest BCUT2D eigenvalue weighted by Gasteiger charge is -2.12. The van der Waals surface area contributed by atoms with Crippen molar-refractivity contribution in [1.29, 1.82) is 0 Å². The third-order valence-electron chi connectivity index (χ3n) is 2.92. The number of aryl methyl sites for hydroxylation is 1. The summed E-state index contributed by atoms with van der Waals surface area (Å²) in [5.74, 6) is -2.68. The molecule has 0 bridgehead atoms. The summed E-state index contributed by atoms with van der Waals surface area (Å²) in [6.07, 6.45) is 0. The Bertz CT molecular complexity index is 731. The Morgan fingerprint density at radius 3 is 2.52 bits per heavy atom. The van der Waals surface area contributed by atoms with Crippen LogP contribution in [0.3, 0.4) is 0 Å². The largest absolute Gasteiger partial charge is 0.478 e. The Morgan fingerprint density at radius 1 is 1.19 bits per heavy atom. The third kappa shape index (κ3) is 3.20. The van der Waals surface area contributed by atoms with Gasteiger partial charge in [-0.3, -0.25) is 4.79 Å². The summed E-state index contributed by atoms with van der Waals surface area (Å²) in [5, 5.41) is 11.7. The summed E-state index contributed by atoms with van der Waals surface area (Å²) in [6.45, 7) is 1.65. The van der Waals surface area contributed by atoms with Crippen molar-refractivity contribution < 1.29 is 19.1 Å². The molecule has 108 valence electrons. The van der Waals surface area contributed by atoms with E-state index in [9.17, 15) is 14.0 Å². The van der Waals surface area contributed by atoms with E-state index in [2.05, 4.69) is 5.32 Å². The first kappa shape index (κ1) is 15.0. The maximum atomic E-state index is 13.7.